The molecular weight excluding hydrogens is 272 g/mol. The standard InChI is InChI=1S/C16H13ClN2O/c1-10-9-11(4-5-13(10)17)20-15-7-6-14(18)16-12(15)3-2-8-19-16/h2-9H,18H2,1H3. The minimum atomic E-state index is 0.639. The highest BCUT2D eigenvalue weighted by Crippen LogP contribution is 2.33. The number of rotatable bonds is 2. The Bertz CT molecular complexity index is 787. The highest BCUT2D eigenvalue weighted by Gasteiger charge is 2.07. The van der Waals surface area contributed by atoms with Crippen LogP contribution in [0.15, 0.2) is 48.7 Å². The van der Waals surface area contributed by atoms with Gasteiger partial charge in [0.25, 0.3) is 0 Å². The maximum atomic E-state index is 6.02. The molecule has 3 nitrogen and oxygen atoms in total. The van der Waals surface area contributed by atoms with Crippen molar-refractivity contribution in [2.45, 2.75) is 6.92 Å². The van der Waals surface area contributed by atoms with Crippen LogP contribution in [-0.4, -0.2) is 4.98 Å². The molecule has 1 aromatic heterocycles. The minimum Gasteiger partial charge on any atom is -0.457 e. The van der Waals surface area contributed by atoms with Gasteiger partial charge in [-0.1, -0.05) is 11.6 Å². The van der Waals surface area contributed by atoms with Crippen molar-refractivity contribution < 1.29 is 4.74 Å². The van der Waals surface area contributed by atoms with Crippen molar-refractivity contribution >= 4 is 28.2 Å². The average molecular weight is 285 g/mol. The molecule has 3 rings (SSSR count). The summed E-state index contributed by atoms with van der Waals surface area (Å²) in [5.74, 6) is 1.46. The molecule has 0 aliphatic heterocycles. The number of halogens is 1. The number of hydrogen-bond acceptors (Lipinski definition) is 3. The van der Waals surface area contributed by atoms with Gasteiger partial charge in [0.05, 0.1) is 11.2 Å². The zero-order valence-electron chi connectivity index (χ0n) is 10.9. The van der Waals surface area contributed by atoms with Gasteiger partial charge in [0, 0.05) is 16.6 Å². The highest BCUT2D eigenvalue weighted by atomic mass is 35.5. The van der Waals surface area contributed by atoms with Gasteiger partial charge in [-0.25, -0.2) is 0 Å². The lowest BCUT2D eigenvalue weighted by molar-refractivity contribution is 0.488. The smallest absolute Gasteiger partial charge is 0.136 e. The quantitative estimate of drug-likeness (QED) is 0.701. The van der Waals surface area contributed by atoms with Crippen molar-refractivity contribution in [2.75, 3.05) is 5.73 Å². The summed E-state index contributed by atoms with van der Waals surface area (Å²) in [4.78, 5) is 4.29. The third kappa shape index (κ3) is 2.28. The van der Waals surface area contributed by atoms with E-state index in [9.17, 15) is 0 Å². The van der Waals surface area contributed by atoms with Crippen molar-refractivity contribution in [2.24, 2.45) is 0 Å². The molecule has 0 saturated carbocycles. The third-order valence-corrected chi connectivity index (χ3v) is 3.54. The summed E-state index contributed by atoms with van der Waals surface area (Å²) in [5.41, 5.74) is 8.29. The zero-order valence-corrected chi connectivity index (χ0v) is 11.7. The molecule has 3 aromatic rings. The number of nitrogens with zero attached hydrogens (tertiary/aromatic N) is 1. The van der Waals surface area contributed by atoms with E-state index in [4.69, 9.17) is 22.1 Å². The molecule has 0 aliphatic carbocycles. The molecule has 4 heteroatoms. The predicted octanol–water partition coefficient (Wildman–Crippen LogP) is 4.57. The Kier molecular flexibility index (Phi) is 3.20. The second-order valence-electron chi connectivity index (χ2n) is 4.57. The summed E-state index contributed by atoms with van der Waals surface area (Å²) in [7, 11) is 0. The SMILES string of the molecule is Cc1cc(Oc2ccc(N)c3ncccc23)ccc1Cl. The van der Waals surface area contributed by atoms with E-state index >= 15 is 0 Å². The Hall–Kier alpha value is -2.26. The number of nitrogens with two attached hydrogens (primary N) is 1. The molecule has 0 saturated heterocycles. The largest absolute Gasteiger partial charge is 0.457 e. The van der Waals surface area contributed by atoms with E-state index in [0.29, 0.717) is 5.69 Å². The minimum absolute atomic E-state index is 0.639. The zero-order chi connectivity index (χ0) is 14.1. The van der Waals surface area contributed by atoms with Gasteiger partial charge >= 0.3 is 0 Å². The molecule has 0 bridgehead atoms. The molecule has 0 spiro atoms. The number of aromatic nitrogens is 1. The predicted molar refractivity (Wildman–Crippen MR) is 82.4 cm³/mol. The average Bonchev–Trinajstić information content (AvgIpc) is 2.46. The molecule has 100 valence electrons. The summed E-state index contributed by atoms with van der Waals surface area (Å²) in [6.45, 7) is 1.94. The van der Waals surface area contributed by atoms with Crippen molar-refractivity contribution in [3.8, 4) is 11.5 Å². The second kappa shape index (κ2) is 5.02. The first-order chi connectivity index (χ1) is 9.65. The summed E-state index contributed by atoms with van der Waals surface area (Å²) >= 11 is 6.02. The third-order valence-electron chi connectivity index (χ3n) is 3.12. The van der Waals surface area contributed by atoms with Crippen LogP contribution >= 0.6 is 11.6 Å². The Morgan fingerprint density at radius 3 is 2.80 bits per heavy atom. The van der Waals surface area contributed by atoms with Crippen molar-refractivity contribution in [3.05, 3.63) is 59.2 Å². The fourth-order valence-electron chi connectivity index (χ4n) is 2.06. The van der Waals surface area contributed by atoms with Gasteiger partial charge in [0.1, 0.15) is 11.5 Å². The fourth-order valence-corrected chi connectivity index (χ4v) is 2.18. The van der Waals surface area contributed by atoms with E-state index in [-0.39, 0.29) is 0 Å². The van der Waals surface area contributed by atoms with Crippen LogP contribution in [-0.2, 0) is 0 Å². The van der Waals surface area contributed by atoms with E-state index in [1.54, 1.807) is 12.3 Å². The molecular formula is C16H13ClN2O. The molecule has 0 fully saturated rings. The summed E-state index contributed by atoms with van der Waals surface area (Å²) in [5, 5.41) is 1.61. The number of ether oxygens (including phenoxy) is 1. The number of nitrogen functional groups attached to an aromatic ring is 1. The Morgan fingerprint density at radius 2 is 2.00 bits per heavy atom. The second-order valence-corrected chi connectivity index (χ2v) is 4.97. The first kappa shape index (κ1) is 12.8. The Morgan fingerprint density at radius 1 is 1.15 bits per heavy atom. The molecule has 0 radical (unpaired) electrons. The summed E-state index contributed by atoms with van der Waals surface area (Å²) in [6, 6.07) is 13.0. The van der Waals surface area contributed by atoms with Gasteiger partial charge in [-0.2, -0.15) is 0 Å². The lowest BCUT2D eigenvalue weighted by Gasteiger charge is -2.10. The topological polar surface area (TPSA) is 48.1 Å². The van der Waals surface area contributed by atoms with E-state index in [2.05, 4.69) is 4.98 Å². The summed E-state index contributed by atoms with van der Waals surface area (Å²) in [6.07, 6.45) is 1.72. The van der Waals surface area contributed by atoms with Crippen molar-refractivity contribution in [1.82, 2.24) is 4.98 Å². The van der Waals surface area contributed by atoms with Crippen LogP contribution < -0.4 is 10.5 Å². The number of hydrogen-bond donors (Lipinski definition) is 1. The monoisotopic (exact) mass is 284 g/mol. The van der Waals surface area contributed by atoms with Gasteiger partial charge in [-0.3, -0.25) is 4.98 Å². The molecule has 0 amide bonds. The molecule has 1 heterocycles. The van der Waals surface area contributed by atoms with Crippen LogP contribution in [0, 0.1) is 6.92 Å². The molecule has 0 atom stereocenters. The number of anilines is 1. The number of aryl methyl sites for hydroxylation is 1. The van der Waals surface area contributed by atoms with E-state index < -0.39 is 0 Å². The van der Waals surface area contributed by atoms with Crippen LogP contribution in [0.5, 0.6) is 11.5 Å². The van der Waals surface area contributed by atoms with Crippen LogP contribution in [0.25, 0.3) is 10.9 Å². The maximum absolute atomic E-state index is 6.02. The van der Waals surface area contributed by atoms with Crippen LogP contribution in [0.2, 0.25) is 5.02 Å². The van der Waals surface area contributed by atoms with Crippen molar-refractivity contribution in [1.29, 1.82) is 0 Å². The first-order valence-electron chi connectivity index (χ1n) is 6.22. The molecule has 0 aliphatic rings. The lowest BCUT2D eigenvalue weighted by Crippen LogP contribution is -1.92. The number of benzene rings is 2. The molecule has 0 unspecified atom stereocenters. The van der Waals surface area contributed by atoms with Crippen LogP contribution in [0.3, 0.4) is 0 Å². The van der Waals surface area contributed by atoms with E-state index in [1.807, 2.05) is 43.3 Å². The van der Waals surface area contributed by atoms with Gasteiger partial charge in [0.2, 0.25) is 0 Å². The first-order valence-corrected chi connectivity index (χ1v) is 6.60. The lowest BCUT2D eigenvalue weighted by atomic mass is 10.1. The van der Waals surface area contributed by atoms with Gasteiger partial charge in [0.15, 0.2) is 0 Å². The highest BCUT2D eigenvalue weighted by molar-refractivity contribution is 6.31. The van der Waals surface area contributed by atoms with Gasteiger partial charge < -0.3 is 10.5 Å². The molecule has 2 aromatic carbocycles. The van der Waals surface area contributed by atoms with Crippen LogP contribution in [0.4, 0.5) is 5.69 Å². The Balaban J connectivity index is 2.06. The van der Waals surface area contributed by atoms with Crippen LogP contribution in [0.1, 0.15) is 5.56 Å². The molecule has 2 N–H and O–H groups in total. The molecule has 20 heavy (non-hydrogen) atoms. The van der Waals surface area contributed by atoms with E-state index in [0.717, 1.165) is 33.0 Å². The Labute approximate surface area is 122 Å². The number of fused-ring (bicyclic) bond motifs is 1. The maximum Gasteiger partial charge on any atom is 0.136 e. The number of pyridine rings is 1. The summed E-state index contributed by atoms with van der Waals surface area (Å²) < 4.78 is 5.93. The van der Waals surface area contributed by atoms with E-state index in [1.165, 1.54) is 0 Å². The van der Waals surface area contributed by atoms with Crippen molar-refractivity contribution in [3.63, 3.8) is 0 Å². The van der Waals surface area contributed by atoms with Gasteiger partial charge in [-0.05, 0) is 55.0 Å². The fraction of sp³-hybridized carbons (Fsp3) is 0.0625. The van der Waals surface area contributed by atoms with Gasteiger partial charge in [-0.15, -0.1) is 0 Å². The normalized spacial score (nSPS) is 10.7.